The average molecular weight is 427 g/mol. The smallest absolute Gasteiger partial charge is 0.266 e. The Morgan fingerprint density at radius 1 is 1.16 bits per heavy atom. The molecule has 7 nitrogen and oxygen atoms in total. The molecule has 3 aromatic heterocycles. The van der Waals surface area contributed by atoms with Gasteiger partial charge in [-0.1, -0.05) is 6.07 Å². The number of nitrogens with zero attached hydrogens (tertiary/aromatic N) is 4. The van der Waals surface area contributed by atoms with Crippen LogP contribution in [0.1, 0.15) is 36.6 Å². The Kier molecular flexibility index (Phi) is 5.22. The molecule has 0 spiro atoms. The van der Waals surface area contributed by atoms with E-state index >= 15 is 0 Å². The van der Waals surface area contributed by atoms with Crippen LogP contribution < -0.4 is 10.5 Å². The number of pyridine rings is 1. The van der Waals surface area contributed by atoms with Crippen molar-refractivity contribution in [3.05, 3.63) is 64.8 Å². The van der Waals surface area contributed by atoms with Crippen LogP contribution in [0.3, 0.4) is 0 Å². The Hall–Kier alpha value is -3.33. The van der Waals surface area contributed by atoms with E-state index in [1.165, 1.54) is 18.2 Å². The molecule has 1 aromatic carbocycles. The third-order valence-electron chi connectivity index (χ3n) is 4.71. The molecule has 31 heavy (non-hydrogen) atoms. The molecule has 0 bridgehead atoms. The second-order valence-corrected chi connectivity index (χ2v) is 8.28. The number of imidazole rings is 1. The molecule has 162 valence electrons. The molecule has 0 unspecified atom stereocenters. The molecule has 0 atom stereocenters. The lowest BCUT2D eigenvalue weighted by molar-refractivity contribution is 0.294. The summed E-state index contributed by atoms with van der Waals surface area (Å²) in [7, 11) is 0. The second-order valence-electron chi connectivity index (χ2n) is 8.28. The summed E-state index contributed by atoms with van der Waals surface area (Å²) in [5, 5.41) is 8.25. The maximum Gasteiger partial charge on any atom is 0.266 e. The van der Waals surface area contributed by atoms with Gasteiger partial charge in [-0.15, -0.1) is 10.2 Å². The molecule has 0 radical (unpaired) electrons. The number of hydrogen-bond acceptors (Lipinski definition) is 6. The van der Waals surface area contributed by atoms with Gasteiger partial charge in [-0.05, 0) is 51.5 Å². The SMILES string of the molecule is Cc1cc(OCc2c(F)cccc2F)c2nc(C)c(-c3nnc(CC(C)(C)N)o3)n2c1. The van der Waals surface area contributed by atoms with Gasteiger partial charge in [0.15, 0.2) is 11.4 Å². The summed E-state index contributed by atoms with van der Waals surface area (Å²) in [6, 6.07) is 5.47. The highest BCUT2D eigenvalue weighted by atomic mass is 19.1. The van der Waals surface area contributed by atoms with E-state index in [2.05, 4.69) is 15.2 Å². The molecule has 0 aliphatic rings. The molecular formula is C22H23F2N5O2. The third kappa shape index (κ3) is 4.27. The number of aromatic nitrogens is 4. The first-order chi connectivity index (χ1) is 14.6. The number of nitrogens with two attached hydrogens (primary N) is 1. The largest absolute Gasteiger partial charge is 0.485 e. The highest BCUT2D eigenvalue weighted by molar-refractivity contribution is 5.65. The van der Waals surface area contributed by atoms with Crippen LogP contribution in [0.25, 0.3) is 17.2 Å². The fourth-order valence-electron chi connectivity index (χ4n) is 3.35. The molecule has 4 aromatic rings. The topological polar surface area (TPSA) is 91.5 Å². The number of aryl methyl sites for hydroxylation is 2. The van der Waals surface area contributed by atoms with Gasteiger partial charge in [0.25, 0.3) is 5.89 Å². The van der Waals surface area contributed by atoms with E-state index in [-0.39, 0.29) is 12.2 Å². The number of halogens is 2. The van der Waals surface area contributed by atoms with E-state index in [0.717, 1.165) is 5.56 Å². The van der Waals surface area contributed by atoms with Gasteiger partial charge in [-0.3, -0.25) is 4.40 Å². The summed E-state index contributed by atoms with van der Waals surface area (Å²) >= 11 is 0. The number of rotatable bonds is 6. The van der Waals surface area contributed by atoms with E-state index in [4.69, 9.17) is 14.9 Å². The second kappa shape index (κ2) is 7.73. The van der Waals surface area contributed by atoms with E-state index in [1.54, 1.807) is 10.5 Å². The molecular weight excluding hydrogens is 404 g/mol. The first kappa shape index (κ1) is 20.9. The molecule has 9 heteroatoms. The van der Waals surface area contributed by atoms with Gasteiger partial charge in [0.05, 0.1) is 11.3 Å². The number of fused-ring (bicyclic) bond motifs is 1. The lowest BCUT2D eigenvalue weighted by atomic mass is 10.0. The highest BCUT2D eigenvalue weighted by Gasteiger charge is 2.22. The Morgan fingerprint density at radius 3 is 2.55 bits per heavy atom. The summed E-state index contributed by atoms with van der Waals surface area (Å²) in [5.41, 5.74) is 8.02. The van der Waals surface area contributed by atoms with Crippen molar-refractivity contribution in [1.82, 2.24) is 19.6 Å². The van der Waals surface area contributed by atoms with Crippen LogP contribution in [0.4, 0.5) is 8.78 Å². The van der Waals surface area contributed by atoms with Gasteiger partial charge in [-0.25, -0.2) is 13.8 Å². The zero-order valence-corrected chi connectivity index (χ0v) is 17.7. The van der Waals surface area contributed by atoms with Crippen molar-refractivity contribution in [2.45, 2.75) is 46.3 Å². The van der Waals surface area contributed by atoms with Crippen molar-refractivity contribution >= 4 is 5.65 Å². The molecule has 0 aliphatic heterocycles. The summed E-state index contributed by atoms with van der Waals surface area (Å²) in [6.07, 6.45) is 2.29. The lowest BCUT2D eigenvalue weighted by Crippen LogP contribution is -2.34. The number of hydrogen-bond donors (Lipinski definition) is 1. The Morgan fingerprint density at radius 2 is 1.87 bits per heavy atom. The number of ether oxygens (including phenoxy) is 1. The molecule has 0 amide bonds. The summed E-state index contributed by atoms with van der Waals surface area (Å²) in [4.78, 5) is 4.57. The Balaban J connectivity index is 1.72. The van der Waals surface area contributed by atoms with E-state index in [0.29, 0.717) is 41.0 Å². The minimum atomic E-state index is -0.662. The predicted molar refractivity (Wildman–Crippen MR) is 111 cm³/mol. The first-order valence-corrected chi connectivity index (χ1v) is 9.79. The van der Waals surface area contributed by atoms with Crippen LogP contribution in [-0.2, 0) is 13.0 Å². The van der Waals surface area contributed by atoms with Gasteiger partial charge in [0.2, 0.25) is 5.89 Å². The van der Waals surface area contributed by atoms with Gasteiger partial charge in [0, 0.05) is 18.2 Å². The molecule has 0 aliphatic carbocycles. The molecule has 2 N–H and O–H groups in total. The Labute approximate surface area is 177 Å². The molecule has 0 saturated heterocycles. The van der Waals surface area contributed by atoms with E-state index in [9.17, 15) is 8.78 Å². The first-order valence-electron chi connectivity index (χ1n) is 9.79. The quantitative estimate of drug-likeness (QED) is 0.497. The van der Waals surface area contributed by atoms with Crippen LogP contribution in [0, 0.1) is 25.5 Å². The van der Waals surface area contributed by atoms with Gasteiger partial charge in [0.1, 0.15) is 23.9 Å². The lowest BCUT2D eigenvalue weighted by Gasteiger charge is -2.14. The number of benzene rings is 1. The van der Waals surface area contributed by atoms with E-state index < -0.39 is 17.2 Å². The molecule has 4 rings (SSSR count). The van der Waals surface area contributed by atoms with Crippen LogP contribution in [0.5, 0.6) is 5.75 Å². The monoisotopic (exact) mass is 427 g/mol. The maximum absolute atomic E-state index is 14.0. The zero-order valence-electron chi connectivity index (χ0n) is 17.7. The third-order valence-corrected chi connectivity index (χ3v) is 4.71. The summed E-state index contributed by atoms with van der Waals surface area (Å²) < 4.78 is 41.3. The average Bonchev–Trinajstić information content (AvgIpc) is 3.22. The van der Waals surface area contributed by atoms with Crippen LogP contribution in [0.15, 0.2) is 34.9 Å². The van der Waals surface area contributed by atoms with E-state index in [1.807, 2.05) is 33.9 Å². The molecule has 3 heterocycles. The van der Waals surface area contributed by atoms with Crippen molar-refractivity contribution in [3.63, 3.8) is 0 Å². The van der Waals surface area contributed by atoms with Gasteiger partial charge < -0.3 is 14.9 Å². The predicted octanol–water partition coefficient (Wildman–Crippen LogP) is 4.14. The van der Waals surface area contributed by atoms with Crippen molar-refractivity contribution in [1.29, 1.82) is 0 Å². The summed E-state index contributed by atoms with van der Waals surface area (Å²) in [5.74, 6) is -0.202. The van der Waals surface area contributed by atoms with Crippen molar-refractivity contribution in [3.8, 4) is 17.3 Å². The van der Waals surface area contributed by atoms with Crippen LogP contribution in [-0.4, -0.2) is 25.1 Å². The highest BCUT2D eigenvalue weighted by Crippen LogP contribution is 2.30. The standard InChI is InChI=1S/C22H23F2N5O2/c1-12-8-17(30-11-14-15(23)6-5-7-16(14)24)20-26-13(2)19(29(20)10-12)21-28-27-18(31-21)9-22(3,4)25/h5-8,10H,9,11,25H2,1-4H3. The van der Waals surface area contributed by atoms with Crippen molar-refractivity contribution in [2.75, 3.05) is 0 Å². The van der Waals surface area contributed by atoms with Crippen LogP contribution >= 0.6 is 0 Å². The normalized spacial score (nSPS) is 12.0. The molecule has 0 saturated carbocycles. The van der Waals surface area contributed by atoms with Crippen molar-refractivity contribution < 1.29 is 17.9 Å². The van der Waals surface area contributed by atoms with Gasteiger partial charge in [-0.2, -0.15) is 0 Å². The molecule has 0 fully saturated rings. The van der Waals surface area contributed by atoms with Gasteiger partial charge >= 0.3 is 0 Å². The van der Waals surface area contributed by atoms with Crippen molar-refractivity contribution in [2.24, 2.45) is 5.73 Å². The minimum absolute atomic E-state index is 0.142. The fourth-order valence-corrected chi connectivity index (χ4v) is 3.35. The Bertz CT molecular complexity index is 1240. The fraction of sp³-hybridized carbons (Fsp3) is 0.318. The summed E-state index contributed by atoms with van der Waals surface area (Å²) in [6.45, 7) is 7.18. The van der Waals surface area contributed by atoms with Crippen LogP contribution in [0.2, 0.25) is 0 Å². The minimum Gasteiger partial charge on any atom is -0.485 e. The maximum atomic E-state index is 14.0. The zero-order chi connectivity index (χ0) is 22.3.